The molecule has 0 bridgehead atoms. The van der Waals surface area contributed by atoms with Gasteiger partial charge in [-0.15, -0.1) is 0 Å². The van der Waals surface area contributed by atoms with Crippen LogP contribution in [0.15, 0.2) is 113 Å². The van der Waals surface area contributed by atoms with Crippen LogP contribution in [0.5, 0.6) is 0 Å². The Morgan fingerprint density at radius 2 is 1.51 bits per heavy atom. The van der Waals surface area contributed by atoms with Crippen LogP contribution < -0.4 is 14.6 Å². The van der Waals surface area contributed by atoms with Crippen LogP contribution in [-0.4, -0.2) is 56.0 Å². The zero-order valence-electron chi connectivity index (χ0n) is 22.9. The van der Waals surface area contributed by atoms with E-state index < -0.39 is 0 Å². The van der Waals surface area contributed by atoms with Crippen LogP contribution >= 0.6 is 21.6 Å². The maximum absolute atomic E-state index is 4.56. The average Bonchev–Trinajstić information content (AvgIpc) is 2.98. The van der Waals surface area contributed by atoms with Gasteiger partial charge in [0, 0.05) is 56.8 Å². The van der Waals surface area contributed by atoms with Gasteiger partial charge in [0.25, 0.3) is 0 Å². The van der Waals surface area contributed by atoms with E-state index in [9.17, 15) is 0 Å². The molecule has 0 fully saturated rings. The third-order valence-corrected chi connectivity index (χ3v) is 8.60. The molecule has 2 heterocycles. The molecule has 2 aromatic carbocycles. The predicted octanol–water partition coefficient (Wildman–Crippen LogP) is 6.01. The molecule has 0 N–H and O–H groups in total. The van der Waals surface area contributed by atoms with Gasteiger partial charge in [0.2, 0.25) is 0 Å². The number of pyridine rings is 1. The Hall–Kier alpha value is -3.49. The molecule has 3 aromatic rings. The lowest BCUT2D eigenvalue weighted by Crippen LogP contribution is -2.33. The van der Waals surface area contributed by atoms with Crippen LogP contribution in [0.25, 0.3) is 0 Å². The Balaban J connectivity index is 1.08. The van der Waals surface area contributed by atoms with Gasteiger partial charge in [-0.3, -0.25) is 10.0 Å². The quantitative estimate of drug-likeness (QED) is 0.0846. The van der Waals surface area contributed by atoms with Crippen molar-refractivity contribution >= 4 is 45.4 Å². The largest absolute Gasteiger partial charge is 0.373 e. The number of aryl methyl sites for hydroxylation is 2. The third kappa shape index (κ3) is 9.64. The highest BCUT2D eigenvalue weighted by Crippen LogP contribution is 2.21. The Labute approximate surface area is 240 Å². The molecule has 0 radical (unpaired) electrons. The third-order valence-electron chi connectivity index (χ3n) is 6.23. The summed E-state index contributed by atoms with van der Waals surface area (Å²) < 4.78 is 2.23. The van der Waals surface area contributed by atoms with E-state index in [2.05, 4.69) is 106 Å². The van der Waals surface area contributed by atoms with Gasteiger partial charge >= 0.3 is 0 Å². The maximum Gasteiger partial charge on any atom is 0.169 e. The molecular formula is C31H37N6S2+. The second-order valence-electron chi connectivity index (χ2n) is 9.24. The van der Waals surface area contributed by atoms with E-state index >= 15 is 0 Å². The summed E-state index contributed by atoms with van der Waals surface area (Å²) in [5.41, 5.74) is 5.64. The molecule has 6 nitrogen and oxygen atoms in total. The molecule has 0 aliphatic carbocycles. The van der Waals surface area contributed by atoms with Gasteiger partial charge in [0.1, 0.15) is 0 Å². The van der Waals surface area contributed by atoms with Gasteiger partial charge < -0.3 is 4.90 Å². The Kier molecular flexibility index (Phi) is 11.1. The highest BCUT2D eigenvalue weighted by Gasteiger charge is 2.06. The normalized spacial score (nSPS) is 13.3. The lowest BCUT2D eigenvalue weighted by molar-refractivity contribution is -0.692. The van der Waals surface area contributed by atoms with E-state index in [4.69, 9.17) is 0 Å². The van der Waals surface area contributed by atoms with Crippen molar-refractivity contribution in [1.82, 2.24) is 4.90 Å². The molecule has 8 heteroatoms. The zero-order valence-corrected chi connectivity index (χ0v) is 24.6. The van der Waals surface area contributed by atoms with Gasteiger partial charge in [-0.05, 0) is 42.8 Å². The van der Waals surface area contributed by atoms with Gasteiger partial charge in [0.05, 0.1) is 29.6 Å². The van der Waals surface area contributed by atoms with E-state index in [1.165, 1.54) is 5.56 Å². The zero-order chi connectivity index (χ0) is 27.3. The number of para-hydroxylation sites is 1. The standard InChI is InChI=1S/C31H37N6S2/c1-27-9-11-31(12-10-27)35(3)33-26-29-15-19-37(20-16-29)22-24-39-38-23-21-36-17-13-28(14-18-36)25-32-34(2)30-7-5-4-6-8-30/h4-17,19-20,25-26H,18,21-24H2,1-3H3/q+1/b32-25+. The molecule has 0 saturated carbocycles. The summed E-state index contributed by atoms with van der Waals surface area (Å²) in [6.07, 6.45) is 14.6. The van der Waals surface area contributed by atoms with E-state index in [0.717, 1.165) is 53.7 Å². The number of anilines is 2. The highest BCUT2D eigenvalue weighted by atomic mass is 33.1. The van der Waals surface area contributed by atoms with Crippen LogP contribution in [0.3, 0.4) is 0 Å². The molecule has 0 unspecified atom stereocenters. The number of hydrogen-bond donors (Lipinski definition) is 0. The number of rotatable bonds is 13. The van der Waals surface area contributed by atoms with Crippen molar-refractivity contribution in [2.24, 2.45) is 10.2 Å². The van der Waals surface area contributed by atoms with Crippen molar-refractivity contribution in [2.75, 3.05) is 48.7 Å². The maximum atomic E-state index is 4.56. The molecule has 4 rings (SSSR count). The van der Waals surface area contributed by atoms with Gasteiger partial charge in [0.15, 0.2) is 18.9 Å². The van der Waals surface area contributed by atoms with Crippen molar-refractivity contribution in [3.8, 4) is 0 Å². The van der Waals surface area contributed by atoms with Crippen molar-refractivity contribution in [2.45, 2.75) is 13.5 Å². The molecular weight excluding hydrogens is 521 g/mol. The van der Waals surface area contributed by atoms with Crippen LogP contribution in [0.2, 0.25) is 0 Å². The fourth-order valence-corrected chi connectivity index (χ4v) is 5.75. The van der Waals surface area contributed by atoms with Gasteiger partial charge in [-0.2, -0.15) is 10.2 Å². The first-order valence-corrected chi connectivity index (χ1v) is 15.6. The number of nitrogens with zero attached hydrogens (tertiary/aromatic N) is 6. The van der Waals surface area contributed by atoms with Crippen LogP contribution in [-0.2, 0) is 6.54 Å². The predicted molar refractivity (Wildman–Crippen MR) is 171 cm³/mol. The van der Waals surface area contributed by atoms with Gasteiger partial charge in [-0.25, -0.2) is 4.57 Å². The first-order chi connectivity index (χ1) is 19.1. The molecule has 202 valence electrons. The summed E-state index contributed by atoms with van der Waals surface area (Å²) in [5, 5.41) is 12.9. The lowest BCUT2D eigenvalue weighted by atomic mass is 10.2. The first kappa shape index (κ1) is 28.5. The van der Waals surface area contributed by atoms with E-state index in [0.29, 0.717) is 0 Å². The Bertz CT molecular complexity index is 1270. The second kappa shape index (κ2) is 15.2. The van der Waals surface area contributed by atoms with E-state index in [1.54, 1.807) is 0 Å². The molecule has 0 spiro atoms. The topological polar surface area (TPSA) is 38.3 Å². The number of allylic oxidation sites excluding steroid dienone is 2. The fraction of sp³-hybridized carbons (Fsp3) is 0.258. The second-order valence-corrected chi connectivity index (χ2v) is 11.9. The SMILES string of the molecule is Cc1ccc(N(C)/N=C/c2cc[n+](CCSSCCN3C=CC(/C=N/N(C)c4ccccc4)=CC3)cc2)cc1. The van der Waals surface area contributed by atoms with E-state index in [-0.39, 0.29) is 0 Å². The van der Waals surface area contributed by atoms with Crippen molar-refractivity contribution in [3.05, 3.63) is 114 Å². The van der Waals surface area contributed by atoms with Crippen LogP contribution in [0, 0.1) is 6.92 Å². The molecule has 39 heavy (non-hydrogen) atoms. The molecule has 0 saturated heterocycles. The van der Waals surface area contributed by atoms with Gasteiger partial charge in [-0.1, -0.05) is 63.6 Å². The van der Waals surface area contributed by atoms with Crippen LogP contribution in [0.4, 0.5) is 11.4 Å². The summed E-state index contributed by atoms with van der Waals surface area (Å²) in [5.74, 6) is 2.17. The molecule has 0 amide bonds. The molecule has 1 aliphatic heterocycles. The summed E-state index contributed by atoms with van der Waals surface area (Å²) in [6.45, 7) is 5.04. The monoisotopic (exact) mass is 557 g/mol. The summed E-state index contributed by atoms with van der Waals surface area (Å²) in [4.78, 5) is 2.34. The fourth-order valence-electron chi connectivity index (χ4n) is 3.77. The van der Waals surface area contributed by atoms with Crippen molar-refractivity contribution < 1.29 is 4.57 Å². The summed E-state index contributed by atoms with van der Waals surface area (Å²) in [6, 6.07) is 22.8. The van der Waals surface area contributed by atoms with Crippen molar-refractivity contribution in [3.63, 3.8) is 0 Å². The smallest absolute Gasteiger partial charge is 0.169 e. The van der Waals surface area contributed by atoms with E-state index in [1.807, 2.05) is 76.3 Å². The minimum atomic E-state index is 0.921. The Morgan fingerprint density at radius 3 is 2.21 bits per heavy atom. The lowest BCUT2D eigenvalue weighted by Gasteiger charge is -2.21. The first-order valence-electron chi connectivity index (χ1n) is 13.1. The molecule has 1 aliphatic rings. The average molecular weight is 558 g/mol. The number of benzene rings is 2. The summed E-state index contributed by atoms with van der Waals surface area (Å²) >= 11 is 0. The minimum Gasteiger partial charge on any atom is -0.373 e. The number of hydrazone groups is 2. The Morgan fingerprint density at radius 1 is 0.846 bits per heavy atom. The summed E-state index contributed by atoms with van der Waals surface area (Å²) in [7, 11) is 7.81. The van der Waals surface area contributed by atoms with Crippen molar-refractivity contribution in [1.29, 1.82) is 0 Å². The number of hydrogen-bond acceptors (Lipinski definition) is 7. The number of aromatic nitrogens is 1. The van der Waals surface area contributed by atoms with Crippen LogP contribution in [0.1, 0.15) is 11.1 Å². The molecule has 1 aromatic heterocycles. The minimum absolute atomic E-state index is 0.921. The molecule has 0 atom stereocenters. The highest BCUT2D eigenvalue weighted by molar-refractivity contribution is 8.76.